The molecule has 0 aliphatic heterocycles. The van der Waals surface area contributed by atoms with Crippen LogP contribution in [-0.2, 0) is 4.74 Å². The van der Waals surface area contributed by atoms with Gasteiger partial charge in [0.1, 0.15) is 5.75 Å². The number of rotatable bonds is 3. The average molecular weight is 209 g/mol. The summed E-state index contributed by atoms with van der Waals surface area (Å²) in [6, 6.07) is 4.77. The molecule has 0 spiro atoms. The summed E-state index contributed by atoms with van der Waals surface area (Å²) in [5.74, 6) is 0.0225. The van der Waals surface area contributed by atoms with E-state index in [4.69, 9.17) is 9.94 Å². The van der Waals surface area contributed by atoms with Gasteiger partial charge in [-0.3, -0.25) is 0 Å². The van der Waals surface area contributed by atoms with E-state index in [1.807, 2.05) is 0 Å². The summed E-state index contributed by atoms with van der Waals surface area (Å²) in [7, 11) is 2.78. The van der Waals surface area contributed by atoms with Crippen molar-refractivity contribution in [3.8, 4) is 5.75 Å². The zero-order chi connectivity index (χ0) is 11.3. The summed E-state index contributed by atoms with van der Waals surface area (Å²) in [5, 5.41) is 11.3. The van der Waals surface area contributed by atoms with Gasteiger partial charge in [-0.1, -0.05) is 5.16 Å². The minimum absolute atomic E-state index is 0.287. The molecule has 0 aliphatic rings. The Labute approximate surface area is 86.9 Å². The number of ether oxygens (including phenoxy) is 2. The van der Waals surface area contributed by atoms with Crippen molar-refractivity contribution in [3.05, 3.63) is 29.3 Å². The first-order chi connectivity index (χ1) is 7.22. The third-order valence-electron chi connectivity index (χ3n) is 1.86. The van der Waals surface area contributed by atoms with Gasteiger partial charge in [0.05, 0.1) is 26.0 Å². The molecule has 0 unspecified atom stereocenters. The minimum atomic E-state index is -0.510. The first-order valence-corrected chi connectivity index (χ1v) is 4.16. The number of benzene rings is 1. The zero-order valence-corrected chi connectivity index (χ0v) is 8.43. The van der Waals surface area contributed by atoms with Crippen molar-refractivity contribution >= 4 is 12.2 Å². The molecule has 80 valence electrons. The van der Waals surface area contributed by atoms with Crippen LogP contribution in [0.5, 0.6) is 5.75 Å². The van der Waals surface area contributed by atoms with Crippen LogP contribution in [0.3, 0.4) is 0 Å². The monoisotopic (exact) mass is 209 g/mol. The Bertz CT molecular complexity index is 387. The van der Waals surface area contributed by atoms with E-state index in [9.17, 15) is 4.79 Å². The zero-order valence-electron chi connectivity index (χ0n) is 8.43. The predicted octanol–water partition coefficient (Wildman–Crippen LogP) is 1.29. The van der Waals surface area contributed by atoms with Crippen LogP contribution in [0.1, 0.15) is 15.9 Å². The van der Waals surface area contributed by atoms with Crippen LogP contribution in [-0.4, -0.2) is 31.6 Å². The van der Waals surface area contributed by atoms with Crippen molar-refractivity contribution in [2.75, 3.05) is 14.2 Å². The molecule has 1 aromatic carbocycles. The van der Waals surface area contributed by atoms with Crippen LogP contribution < -0.4 is 4.74 Å². The van der Waals surface area contributed by atoms with Gasteiger partial charge in [0.25, 0.3) is 0 Å². The number of esters is 1. The highest BCUT2D eigenvalue weighted by atomic mass is 16.5. The number of carbonyl (C=O) groups excluding carboxylic acids is 1. The van der Waals surface area contributed by atoms with Crippen LogP contribution in [0.2, 0.25) is 0 Å². The summed E-state index contributed by atoms with van der Waals surface area (Å²) >= 11 is 0. The largest absolute Gasteiger partial charge is 0.497 e. The molecular formula is C10H11NO4. The molecule has 0 heterocycles. The number of carbonyl (C=O) groups is 1. The van der Waals surface area contributed by atoms with Gasteiger partial charge < -0.3 is 14.7 Å². The van der Waals surface area contributed by atoms with Crippen LogP contribution in [0.15, 0.2) is 23.4 Å². The summed E-state index contributed by atoms with van der Waals surface area (Å²) in [6.45, 7) is 0. The van der Waals surface area contributed by atoms with Gasteiger partial charge in [-0.05, 0) is 18.2 Å². The van der Waals surface area contributed by atoms with E-state index in [1.54, 1.807) is 12.1 Å². The fraction of sp³-hybridized carbons (Fsp3) is 0.200. The van der Waals surface area contributed by atoms with Crippen molar-refractivity contribution in [2.45, 2.75) is 0 Å². The molecule has 15 heavy (non-hydrogen) atoms. The molecule has 5 nitrogen and oxygen atoms in total. The topological polar surface area (TPSA) is 68.1 Å². The fourth-order valence-corrected chi connectivity index (χ4v) is 1.12. The Morgan fingerprint density at radius 2 is 2.20 bits per heavy atom. The number of hydrogen-bond donors (Lipinski definition) is 1. The lowest BCUT2D eigenvalue weighted by Gasteiger charge is -2.05. The van der Waals surface area contributed by atoms with Crippen LogP contribution in [0.4, 0.5) is 0 Å². The second kappa shape index (κ2) is 4.99. The summed E-state index contributed by atoms with van der Waals surface area (Å²) in [5.41, 5.74) is 0.750. The van der Waals surface area contributed by atoms with Gasteiger partial charge in [0, 0.05) is 5.56 Å². The maximum Gasteiger partial charge on any atom is 0.338 e. The van der Waals surface area contributed by atoms with Gasteiger partial charge in [-0.2, -0.15) is 0 Å². The molecule has 0 atom stereocenters. The van der Waals surface area contributed by atoms with E-state index < -0.39 is 5.97 Å². The number of hydrogen-bond acceptors (Lipinski definition) is 5. The lowest BCUT2D eigenvalue weighted by Crippen LogP contribution is -2.05. The van der Waals surface area contributed by atoms with Crippen molar-refractivity contribution in [3.63, 3.8) is 0 Å². The number of nitrogens with zero attached hydrogens (tertiary/aromatic N) is 1. The highest BCUT2D eigenvalue weighted by molar-refractivity contribution is 5.99. The van der Waals surface area contributed by atoms with E-state index >= 15 is 0 Å². The molecule has 1 N–H and O–H groups in total. The van der Waals surface area contributed by atoms with Gasteiger partial charge in [0.15, 0.2) is 0 Å². The first-order valence-electron chi connectivity index (χ1n) is 4.16. The quantitative estimate of drug-likeness (QED) is 0.352. The van der Waals surface area contributed by atoms with Crippen molar-refractivity contribution in [1.29, 1.82) is 0 Å². The summed E-state index contributed by atoms with van der Waals surface area (Å²) < 4.78 is 9.55. The molecule has 0 aliphatic carbocycles. The second-order valence-electron chi connectivity index (χ2n) is 2.69. The average Bonchev–Trinajstić information content (AvgIpc) is 2.29. The summed E-state index contributed by atoms with van der Waals surface area (Å²) in [6.07, 6.45) is 1.16. The molecule has 5 heteroatoms. The van der Waals surface area contributed by atoms with Crippen LogP contribution >= 0.6 is 0 Å². The van der Waals surface area contributed by atoms with E-state index in [0.717, 1.165) is 6.21 Å². The van der Waals surface area contributed by atoms with Crippen LogP contribution in [0, 0.1) is 0 Å². The second-order valence-corrected chi connectivity index (χ2v) is 2.69. The van der Waals surface area contributed by atoms with Crippen molar-refractivity contribution < 1.29 is 19.5 Å². The molecule has 1 rings (SSSR count). The highest BCUT2D eigenvalue weighted by Gasteiger charge is 2.11. The lowest BCUT2D eigenvalue weighted by atomic mass is 10.1. The maximum absolute atomic E-state index is 11.4. The van der Waals surface area contributed by atoms with Gasteiger partial charge in [-0.15, -0.1) is 0 Å². The van der Waals surface area contributed by atoms with Gasteiger partial charge in [-0.25, -0.2) is 4.79 Å². The Morgan fingerprint density at radius 3 is 2.73 bits per heavy atom. The normalized spacial score (nSPS) is 10.3. The fourth-order valence-electron chi connectivity index (χ4n) is 1.12. The predicted molar refractivity (Wildman–Crippen MR) is 53.7 cm³/mol. The van der Waals surface area contributed by atoms with Crippen molar-refractivity contribution in [1.82, 2.24) is 0 Å². The minimum Gasteiger partial charge on any atom is -0.497 e. The van der Waals surface area contributed by atoms with E-state index in [0.29, 0.717) is 11.3 Å². The van der Waals surface area contributed by atoms with Crippen molar-refractivity contribution in [2.24, 2.45) is 5.16 Å². The Hall–Kier alpha value is -2.04. The number of methoxy groups -OCH3 is 2. The maximum atomic E-state index is 11.4. The molecule has 0 amide bonds. The SMILES string of the molecule is COC(=O)c1cc(OC)ccc1C=NO. The molecule has 0 aromatic heterocycles. The Kier molecular flexibility index (Phi) is 3.68. The Morgan fingerprint density at radius 1 is 1.47 bits per heavy atom. The van der Waals surface area contributed by atoms with E-state index in [-0.39, 0.29) is 5.56 Å². The molecule has 0 radical (unpaired) electrons. The van der Waals surface area contributed by atoms with Crippen LogP contribution in [0.25, 0.3) is 0 Å². The lowest BCUT2D eigenvalue weighted by molar-refractivity contribution is 0.0600. The first kappa shape index (κ1) is 11.0. The van der Waals surface area contributed by atoms with Gasteiger partial charge in [0.2, 0.25) is 0 Å². The Balaban J connectivity index is 3.22. The molecule has 0 fully saturated rings. The van der Waals surface area contributed by atoms with Gasteiger partial charge >= 0.3 is 5.97 Å². The van der Waals surface area contributed by atoms with E-state index in [2.05, 4.69) is 9.89 Å². The molecule has 0 saturated heterocycles. The van der Waals surface area contributed by atoms with E-state index in [1.165, 1.54) is 20.3 Å². The molecule has 1 aromatic rings. The molecular weight excluding hydrogens is 198 g/mol. The third-order valence-corrected chi connectivity index (χ3v) is 1.86. The molecule has 0 saturated carbocycles. The standard InChI is InChI=1S/C10H11NO4/c1-14-8-4-3-7(6-11-13)9(5-8)10(12)15-2/h3-6,13H,1-2H3. The number of oxime groups is 1. The molecule has 0 bridgehead atoms. The smallest absolute Gasteiger partial charge is 0.338 e. The summed E-state index contributed by atoms with van der Waals surface area (Å²) in [4.78, 5) is 11.4. The highest BCUT2D eigenvalue weighted by Crippen LogP contribution is 2.17. The third kappa shape index (κ3) is 2.46.